The van der Waals surface area contributed by atoms with Gasteiger partial charge in [0.15, 0.2) is 5.78 Å². The van der Waals surface area contributed by atoms with Crippen molar-refractivity contribution in [1.82, 2.24) is 0 Å². The van der Waals surface area contributed by atoms with Gasteiger partial charge in [-0.3, -0.25) is 9.59 Å². The highest BCUT2D eigenvalue weighted by molar-refractivity contribution is 5.99. The molecule has 2 bridgehead atoms. The van der Waals surface area contributed by atoms with E-state index in [1.807, 2.05) is 0 Å². The molecule has 2 fully saturated rings. The summed E-state index contributed by atoms with van der Waals surface area (Å²) < 4.78 is 0. The highest BCUT2D eigenvalue weighted by atomic mass is 16.2. The lowest BCUT2D eigenvalue weighted by atomic mass is 9.68. The second-order valence-corrected chi connectivity index (χ2v) is 7.31. The highest BCUT2D eigenvalue weighted by Gasteiger charge is 2.60. The summed E-state index contributed by atoms with van der Waals surface area (Å²) in [5, 5.41) is 3.03. The maximum atomic E-state index is 12.9. The van der Waals surface area contributed by atoms with Crippen molar-refractivity contribution in [2.45, 2.75) is 40.0 Å². The van der Waals surface area contributed by atoms with Crippen LogP contribution in [0.3, 0.4) is 0 Å². The molecule has 1 unspecified atom stereocenters. The number of Topliss-reactive ketones (excluding diaryl/α,β-unsaturated/α-hetero) is 1. The number of benzene rings is 1. The van der Waals surface area contributed by atoms with Gasteiger partial charge in [0.05, 0.1) is 5.41 Å². The molecule has 0 aliphatic heterocycles. The summed E-state index contributed by atoms with van der Waals surface area (Å²) in [5.74, 6) is 0.646. The first-order chi connectivity index (χ1) is 10.3. The number of anilines is 1. The van der Waals surface area contributed by atoms with Crippen LogP contribution in [0.4, 0.5) is 5.69 Å². The Hall–Kier alpha value is -1.90. The summed E-state index contributed by atoms with van der Waals surface area (Å²) >= 11 is 0. The fourth-order valence-corrected chi connectivity index (χ4v) is 4.18. The minimum Gasteiger partial charge on any atom is -0.325 e. The first-order valence-electron chi connectivity index (χ1n) is 7.90. The van der Waals surface area contributed by atoms with Gasteiger partial charge in [-0.05, 0) is 61.8 Å². The van der Waals surface area contributed by atoms with Crippen molar-refractivity contribution in [1.29, 1.82) is 0 Å². The van der Waals surface area contributed by atoms with E-state index < -0.39 is 5.41 Å². The zero-order valence-corrected chi connectivity index (χ0v) is 13.5. The number of hydrogen-bond acceptors (Lipinski definition) is 2. The molecular weight excluding hydrogens is 274 g/mol. The molecule has 3 heteroatoms. The van der Waals surface area contributed by atoms with Crippen LogP contribution >= 0.6 is 0 Å². The van der Waals surface area contributed by atoms with Gasteiger partial charge >= 0.3 is 0 Å². The predicted octanol–water partition coefficient (Wildman–Crippen LogP) is 4.21. The third kappa shape index (κ3) is 2.03. The Morgan fingerprint density at radius 2 is 1.86 bits per heavy atom. The van der Waals surface area contributed by atoms with Crippen LogP contribution in [0.1, 0.15) is 50.4 Å². The second kappa shape index (κ2) is 4.80. The first kappa shape index (κ1) is 15.0. The molecule has 0 heterocycles. The monoisotopic (exact) mass is 297 g/mol. The van der Waals surface area contributed by atoms with E-state index in [1.165, 1.54) is 6.92 Å². The van der Waals surface area contributed by atoms with E-state index in [2.05, 4.69) is 25.7 Å². The Bertz CT molecular complexity index is 657. The second-order valence-electron chi connectivity index (χ2n) is 7.31. The van der Waals surface area contributed by atoms with Crippen LogP contribution in [0.15, 0.2) is 36.4 Å². The highest BCUT2D eigenvalue weighted by Crippen LogP contribution is 2.65. The molecule has 0 aromatic heterocycles. The topological polar surface area (TPSA) is 46.2 Å². The van der Waals surface area contributed by atoms with E-state index in [0.717, 1.165) is 30.5 Å². The molecule has 116 valence electrons. The lowest BCUT2D eigenvalue weighted by Gasteiger charge is -2.37. The number of carbonyl (C=O) groups excluding carboxylic acids is 2. The fraction of sp³-hybridized carbons (Fsp3) is 0.474. The summed E-state index contributed by atoms with van der Waals surface area (Å²) in [6.45, 7) is 10.2. The number of amides is 1. The zero-order valence-electron chi connectivity index (χ0n) is 13.5. The van der Waals surface area contributed by atoms with E-state index in [9.17, 15) is 9.59 Å². The molecule has 0 saturated heterocycles. The number of fused-ring (bicyclic) bond motifs is 2. The molecule has 0 radical (unpaired) electrons. The van der Waals surface area contributed by atoms with Gasteiger partial charge in [0.1, 0.15) is 0 Å². The molecule has 2 aliphatic rings. The van der Waals surface area contributed by atoms with Crippen LogP contribution in [0, 0.1) is 16.7 Å². The molecule has 2 atom stereocenters. The largest absolute Gasteiger partial charge is 0.325 e. The minimum absolute atomic E-state index is 0.0287. The smallest absolute Gasteiger partial charge is 0.234 e. The molecule has 2 saturated carbocycles. The van der Waals surface area contributed by atoms with E-state index in [-0.39, 0.29) is 17.1 Å². The average Bonchev–Trinajstić information content (AvgIpc) is 3.00. The third-order valence-electron chi connectivity index (χ3n) is 5.87. The molecule has 3 nitrogen and oxygen atoms in total. The number of carbonyl (C=O) groups is 2. The van der Waals surface area contributed by atoms with Gasteiger partial charge in [0, 0.05) is 11.3 Å². The van der Waals surface area contributed by atoms with Gasteiger partial charge in [-0.15, -0.1) is 0 Å². The number of rotatable bonds is 3. The van der Waals surface area contributed by atoms with Gasteiger partial charge in [0.2, 0.25) is 5.91 Å². The van der Waals surface area contributed by atoms with Crippen molar-refractivity contribution in [2.24, 2.45) is 16.7 Å². The van der Waals surface area contributed by atoms with Gasteiger partial charge in [0.25, 0.3) is 0 Å². The van der Waals surface area contributed by atoms with E-state index in [1.54, 1.807) is 24.3 Å². The van der Waals surface area contributed by atoms with Crippen LogP contribution in [-0.4, -0.2) is 11.7 Å². The SMILES string of the molecule is C=C1C(C)(C)C2CC[C@]1(C(=O)Nc1ccc(C(C)=O)cc1)C2. The minimum atomic E-state index is -0.409. The number of hydrogen-bond donors (Lipinski definition) is 1. The van der Waals surface area contributed by atoms with Crippen LogP contribution in [0.2, 0.25) is 0 Å². The fourth-order valence-electron chi connectivity index (χ4n) is 4.18. The maximum absolute atomic E-state index is 12.9. The Balaban J connectivity index is 1.80. The van der Waals surface area contributed by atoms with E-state index in [4.69, 9.17) is 0 Å². The standard InChI is InChI=1S/C19H23NO2/c1-12(21)14-5-7-16(8-6-14)20-17(22)19-10-9-15(11-19)18(3,4)13(19)2/h5-8,15H,2,9-11H2,1,3-4H3,(H,20,22)/t15?,19-/m0/s1. The van der Waals surface area contributed by atoms with Gasteiger partial charge in [-0.1, -0.05) is 26.0 Å². The molecule has 1 N–H and O–H groups in total. The molecule has 1 aromatic carbocycles. The van der Waals surface area contributed by atoms with Crippen LogP contribution < -0.4 is 5.32 Å². The number of nitrogens with one attached hydrogen (secondary N) is 1. The van der Waals surface area contributed by atoms with Crippen molar-refractivity contribution in [3.05, 3.63) is 42.0 Å². The maximum Gasteiger partial charge on any atom is 0.234 e. The zero-order chi connectivity index (χ0) is 16.1. The van der Waals surface area contributed by atoms with Gasteiger partial charge in [-0.25, -0.2) is 0 Å². The van der Waals surface area contributed by atoms with Crippen molar-refractivity contribution < 1.29 is 9.59 Å². The Labute approximate surface area is 131 Å². The lowest BCUT2D eigenvalue weighted by molar-refractivity contribution is -0.123. The summed E-state index contributed by atoms with van der Waals surface area (Å²) in [6, 6.07) is 7.09. The predicted molar refractivity (Wildman–Crippen MR) is 87.8 cm³/mol. The Morgan fingerprint density at radius 1 is 1.23 bits per heavy atom. The van der Waals surface area contributed by atoms with Gasteiger partial charge in [-0.2, -0.15) is 0 Å². The normalized spacial score (nSPS) is 28.7. The van der Waals surface area contributed by atoms with Crippen molar-refractivity contribution in [3.8, 4) is 0 Å². The Kier molecular flexibility index (Phi) is 3.28. The summed E-state index contributed by atoms with van der Waals surface area (Å²) in [6.07, 6.45) is 2.91. The molecule has 2 aliphatic carbocycles. The third-order valence-corrected chi connectivity index (χ3v) is 5.87. The van der Waals surface area contributed by atoms with Crippen molar-refractivity contribution in [2.75, 3.05) is 5.32 Å². The Morgan fingerprint density at radius 3 is 2.36 bits per heavy atom. The van der Waals surface area contributed by atoms with Crippen LogP contribution in [0.5, 0.6) is 0 Å². The molecule has 1 aromatic rings. The summed E-state index contributed by atoms with van der Waals surface area (Å²) in [4.78, 5) is 24.2. The van der Waals surface area contributed by atoms with E-state index >= 15 is 0 Å². The first-order valence-corrected chi connectivity index (χ1v) is 7.90. The van der Waals surface area contributed by atoms with Gasteiger partial charge < -0.3 is 5.32 Å². The molecule has 22 heavy (non-hydrogen) atoms. The summed E-state index contributed by atoms with van der Waals surface area (Å²) in [5.41, 5.74) is 2.12. The average molecular weight is 297 g/mol. The summed E-state index contributed by atoms with van der Waals surface area (Å²) in [7, 11) is 0. The van der Waals surface area contributed by atoms with Crippen LogP contribution in [0.25, 0.3) is 0 Å². The molecule has 3 rings (SSSR count). The number of ketones is 1. The quantitative estimate of drug-likeness (QED) is 0.671. The molecular formula is C19H23NO2. The lowest BCUT2D eigenvalue weighted by Crippen LogP contribution is -2.37. The van der Waals surface area contributed by atoms with Crippen molar-refractivity contribution in [3.63, 3.8) is 0 Å². The van der Waals surface area contributed by atoms with E-state index in [0.29, 0.717) is 11.5 Å². The molecule has 0 spiro atoms. The van der Waals surface area contributed by atoms with Crippen LogP contribution in [-0.2, 0) is 4.79 Å². The van der Waals surface area contributed by atoms with Crippen molar-refractivity contribution >= 4 is 17.4 Å². The molecule has 1 amide bonds.